The van der Waals surface area contributed by atoms with Gasteiger partial charge < -0.3 is 5.32 Å². The molecule has 0 bridgehead atoms. The molecule has 1 saturated carbocycles. The predicted octanol–water partition coefficient (Wildman–Crippen LogP) is 2.64. The van der Waals surface area contributed by atoms with Crippen LogP contribution in [-0.4, -0.2) is 36.6 Å². The van der Waals surface area contributed by atoms with Crippen molar-refractivity contribution in [1.29, 1.82) is 0 Å². The van der Waals surface area contributed by atoms with Gasteiger partial charge in [0, 0.05) is 18.6 Å². The molecular formula is C14H28N2. The lowest BCUT2D eigenvalue weighted by molar-refractivity contribution is 0.202. The van der Waals surface area contributed by atoms with E-state index in [4.69, 9.17) is 0 Å². The summed E-state index contributed by atoms with van der Waals surface area (Å²) in [5.41, 5.74) is 0.568. The van der Waals surface area contributed by atoms with Gasteiger partial charge >= 0.3 is 0 Å². The maximum atomic E-state index is 3.65. The topological polar surface area (TPSA) is 15.3 Å². The molecule has 94 valence electrons. The fourth-order valence-electron chi connectivity index (χ4n) is 2.64. The van der Waals surface area contributed by atoms with Gasteiger partial charge in [-0.3, -0.25) is 4.90 Å². The first-order chi connectivity index (χ1) is 7.57. The fourth-order valence-corrected chi connectivity index (χ4v) is 2.64. The summed E-state index contributed by atoms with van der Waals surface area (Å²) in [6.07, 6.45) is 6.94. The SMILES string of the molecule is CC(CNC1CC1)N1CCCC(C)(C)CC1. The first-order valence-corrected chi connectivity index (χ1v) is 7.04. The highest BCUT2D eigenvalue weighted by Crippen LogP contribution is 2.30. The number of nitrogens with zero attached hydrogens (tertiary/aromatic N) is 1. The molecule has 0 aromatic heterocycles. The molecule has 1 aliphatic heterocycles. The minimum atomic E-state index is 0.568. The van der Waals surface area contributed by atoms with E-state index in [1.54, 1.807) is 0 Å². The molecule has 0 amide bonds. The van der Waals surface area contributed by atoms with Crippen LogP contribution in [0, 0.1) is 5.41 Å². The van der Waals surface area contributed by atoms with E-state index in [-0.39, 0.29) is 0 Å². The van der Waals surface area contributed by atoms with E-state index in [9.17, 15) is 0 Å². The molecule has 1 aliphatic carbocycles. The number of hydrogen-bond acceptors (Lipinski definition) is 2. The van der Waals surface area contributed by atoms with Gasteiger partial charge in [0.1, 0.15) is 0 Å². The van der Waals surface area contributed by atoms with E-state index < -0.39 is 0 Å². The molecule has 1 atom stereocenters. The van der Waals surface area contributed by atoms with Gasteiger partial charge in [-0.15, -0.1) is 0 Å². The molecule has 1 saturated heterocycles. The standard InChI is InChI=1S/C14H28N2/c1-12(11-15-13-5-6-13)16-9-4-7-14(2,3)8-10-16/h12-13,15H,4-11H2,1-3H3. The normalized spacial score (nSPS) is 28.7. The van der Waals surface area contributed by atoms with Crippen molar-refractivity contribution >= 4 is 0 Å². The van der Waals surface area contributed by atoms with Crippen molar-refractivity contribution in [3.63, 3.8) is 0 Å². The summed E-state index contributed by atoms with van der Waals surface area (Å²) >= 11 is 0. The lowest BCUT2D eigenvalue weighted by Gasteiger charge is -2.28. The summed E-state index contributed by atoms with van der Waals surface area (Å²) in [6.45, 7) is 11.0. The molecule has 2 nitrogen and oxygen atoms in total. The average Bonchev–Trinajstić information content (AvgIpc) is 3.02. The maximum Gasteiger partial charge on any atom is 0.0192 e. The van der Waals surface area contributed by atoms with Gasteiger partial charge in [0.2, 0.25) is 0 Å². The molecular weight excluding hydrogens is 196 g/mol. The molecule has 1 N–H and O–H groups in total. The summed E-state index contributed by atoms with van der Waals surface area (Å²) in [5.74, 6) is 0. The van der Waals surface area contributed by atoms with Crippen LogP contribution in [-0.2, 0) is 0 Å². The minimum Gasteiger partial charge on any atom is -0.312 e. The Morgan fingerprint density at radius 2 is 2.00 bits per heavy atom. The van der Waals surface area contributed by atoms with Crippen LogP contribution in [0.15, 0.2) is 0 Å². The third kappa shape index (κ3) is 3.74. The maximum absolute atomic E-state index is 3.65. The predicted molar refractivity (Wildman–Crippen MR) is 69.7 cm³/mol. The summed E-state index contributed by atoms with van der Waals surface area (Å²) < 4.78 is 0. The van der Waals surface area contributed by atoms with Crippen molar-refractivity contribution in [2.45, 2.75) is 65.0 Å². The Bertz CT molecular complexity index is 221. The van der Waals surface area contributed by atoms with Gasteiger partial charge in [0.15, 0.2) is 0 Å². The number of likely N-dealkylation sites (tertiary alicyclic amines) is 1. The second kappa shape index (κ2) is 5.05. The Labute approximate surface area is 101 Å². The largest absolute Gasteiger partial charge is 0.312 e. The van der Waals surface area contributed by atoms with E-state index in [2.05, 4.69) is 31.0 Å². The monoisotopic (exact) mass is 224 g/mol. The van der Waals surface area contributed by atoms with Gasteiger partial charge in [-0.1, -0.05) is 13.8 Å². The quantitative estimate of drug-likeness (QED) is 0.790. The Hall–Kier alpha value is -0.0800. The van der Waals surface area contributed by atoms with Gasteiger partial charge in [0.05, 0.1) is 0 Å². The molecule has 0 aromatic carbocycles. The Kier molecular flexibility index (Phi) is 3.91. The smallest absolute Gasteiger partial charge is 0.0192 e. The van der Waals surface area contributed by atoms with Gasteiger partial charge in [-0.25, -0.2) is 0 Å². The highest BCUT2D eigenvalue weighted by Gasteiger charge is 2.26. The molecule has 2 rings (SSSR count). The van der Waals surface area contributed by atoms with E-state index in [0.717, 1.165) is 12.1 Å². The Morgan fingerprint density at radius 1 is 1.25 bits per heavy atom. The molecule has 0 radical (unpaired) electrons. The van der Waals surface area contributed by atoms with Crippen LogP contribution in [0.3, 0.4) is 0 Å². The zero-order chi connectivity index (χ0) is 11.6. The zero-order valence-corrected chi connectivity index (χ0v) is 11.3. The zero-order valence-electron chi connectivity index (χ0n) is 11.3. The van der Waals surface area contributed by atoms with Crippen molar-refractivity contribution in [3.05, 3.63) is 0 Å². The van der Waals surface area contributed by atoms with Crippen molar-refractivity contribution in [1.82, 2.24) is 10.2 Å². The van der Waals surface area contributed by atoms with Crippen LogP contribution in [0.1, 0.15) is 52.9 Å². The van der Waals surface area contributed by atoms with E-state index in [1.165, 1.54) is 51.7 Å². The third-order valence-electron chi connectivity index (χ3n) is 4.28. The number of rotatable bonds is 4. The molecule has 0 spiro atoms. The first kappa shape index (κ1) is 12.4. The number of nitrogens with one attached hydrogen (secondary N) is 1. The van der Waals surface area contributed by atoms with Crippen LogP contribution in [0.2, 0.25) is 0 Å². The molecule has 0 aromatic rings. The van der Waals surface area contributed by atoms with Crippen molar-refractivity contribution in [2.75, 3.05) is 19.6 Å². The summed E-state index contributed by atoms with van der Waals surface area (Å²) in [4.78, 5) is 2.68. The summed E-state index contributed by atoms with van der Waals surface area (Å²) in [5, 5.41) is 3.65. The average molecular weight is 224 g/mol. The highest BCUT2D eigenvalue weighted by atomic mass is 15.2. The second-order valence-corrected chi connectivity index (χ2v) is 6.59. The number of hydrogen-bond donors (Lipinski definition) is 1. The van der Waals surface area contributed by atoms with Crippen molar-refractivity contribution in [2.24, 2.45) is 5.41 Å². The van der Waals surface area contributed by atoms with Gasteiger partial charge in [-0.05, 0) is 57.5 Å². The van der Waals surface area contributed by atoms with Crippen LogP contribution in [0.5, 0.6) is 0 Å². The van der Waals surface area contributed by atoms with Gasteiger partial charge in [-0.2, -0.15) is 0 Å². The summed E-state index contributed by atoms with van der Waals surface area (Å²) in [7, 11) is 0. The fraction of sp³-hybridized carbons (Fsp3) is 1.00. The minimum absolute atomic E-state index is 0.568. The van der Waals surface area contributed by atoms with E-state index in [1.807, 2.05) is 0 Å². The van der Waals surface area contributed by atoms with Crippen LogP contribution < -0.4 is 5.32 Å². The molecule has 2 aliphatic rings. The van der Waals surface area contributed by atoms with E-state index >= 15 is 0 Å². The van der Waals surface area contributed by atoms with Crippen LogP contribution in [0.25, 0.3) is 0 Å². The second-order valence-electron chi connectivity index (χ2n) is 6.59. The molecule has 2 fully saturated rings. The first-order valence-electron chi connectivity index (χ1n) is 7.04. The van der Waals surface area contributed by atoms with Crippen LogP contribution in [0.4, 0.5) is 0 Å². The third-order valence-corrected chi connectivity index (χ3v) is 4.28. The Morgan fingerprint density at radius 3 is 2.69 bits per heavy atom. The van der Waals surface area contributed by atoms with Crippen molar-refractivity contribution < 1.29 is 0 Å². The van der Waals surface area contributed by atoms with Crippen LogP contribution >= 0.6 is 0 Å². The Balaban J connectivity index is 1.74. The molecule has 2 heteroatoms. The molecule has 16 heavy (non-hydrogen) atoms. The molecule has 1 unspecified atom stereocenters. The highest BCUT2D eigenvalue weighted by molar-refractivity contribution is 4.84. The lowest BCUT2D eigenvalue weighted by Crippen LogP contribution is -2.41. The lowest BCUT2D eigenvalue weighted by atomic mass is 9.85. The van der Waals surface area contributed by atoms with Crippen molar-refractivity contribution in [3.8, 4) is 0 Å². The van der Waals surface area contributed by atoms with E-state index in [0.29, 0.717) is 5.41 Å². The summed E-state index contributed by atoms with van der Waals surface area (Å²) in [6, 6.07) is 1.57. The van der Waals surface area contributed by atoms with Gasteiger partial charge in [0.25, 0.3) is 0 Å². The molecule has 1 heterocycles.